The van der Waals surface area contributed by atoms with E-state index < -0.39 is 11.6 Å². The Hall–Kier alpha value is -1.91. The van der Waals surface area contributed by atoms with Gasteiger partial charge in [0.15, 0.2) is 5.82 Å². The Kier molecular flexibility index (Phi) is 3.30. The van der Waals surface area contributed by atoms with E-state index >= 15 is 0 Å². The van der Waals surface area contributed by atoms with E-state index in [1.54, 1.807) is 0 Å². The molecule has 0 aliphatic rings. The first-order valence-corrected chi connectivity index (χ1v) is 6.16. The molecule has 0 fully saturated rings. The molecule has 0 saturated carbocycles. The zero-order chi connectivity index (χ0) is 14.2. The Balaban J connectivity index is 2.65. The number of halogens is 2. The number of aromatic amines is 1. The molecular formula is C14H17F2N3. The second kappa shape index (κ2) is 4.64. The third-order valence-corrected chi connectivity index (χ3v) is 3.56. The molecule has 0 unspecified atom stereocenters. The zero-order valence-corrected chi connectivity index (χ0v) is 11.2. The number of nitrogens with one attached hydrogen (secondary N) is 1. The molecule has 0 bridgehead atoms. The van der Waals surface area contributed by atoms with Gasteiger partial charge in [-0.15, -0.1) is 0 Å². The molecule has 0 amide bonds. The topological polar surface area (TPSA) is 54.7 Å². The minimum atomic E-state index is -0.638. The summed E-state index contributed by atoms with van der Waals surface area (Å²) in [5.41, 5.74) is 7.16. The molecule has 2 rings (SSSR count). The van der Waals surface area contributed by atoms with Gasteiger partial charge in [0.25, 0.3) is 0 Å². The highest BCUT2D eigenvalue weighted by atomic mass is 19.1. The van der Waals surface area contributed by atoms with E-state index in [-0.39, 0.29) is 16.8 Å². The number of benzene rings is 1. The van der Waals surface area contributed by atoms with Crippen molar-refractivity contribution in [1.29, 1.82) is 0 Å². The van der Waals surface area contributed by atoms with Crippen molar-refractivity contribution < 1.29 is 8.78 Å². The lowest BCUT2D eigenvalue weighted by molar-refractivity contribution is 0.490. The number of hydrogen-bond donors (Lipinski definition) is 2. The molecule has 0 radical (unpaired) electrons. The van der Waals surface area contributed by atoms with Gasteiger partial charge in [-0.2, -0.15) is 5.10 Å². The number of aromatic nitrogens is 2. The molecule has 102 valence electrons. The summed E-state index contributed by atoms with van der Waals surface area (Å²) in [6.45, 7) is 6.07. The van der Waals surface area contributed by atoms with Crippen molar-refractivity contribution >= 4 is 5.82 Å². The average molecular weight is 265 g/mol. The minimum Gasteiger partial charge on any atom is -0.382 e. The Morgan fingerprint density at radius 1 is 1.32 bits per heavy atom. The van der Waals surface area contributed by atoms with Crippen LogP contribution in [0, 0.1) is 11.6 Å². The largest absolute Gasteiger partial charge is 0.382 e. The molecule has 1 aromatic carbocycles. The molecule has 1 aromatic heterocycles. The van der Waals surface area contributed by atoms with Crippen LogP contribution >= 0.6 is 0 Å². The van der Waals surface area contributed by atoms with E-state index in [2.05, 4.69) is 10.2 Å². The predicted octanol–water partition coefficient (Wildman–Crippen LogP) is 3.62. The van der Waals surface area contributed by atoms with E-state index in [9.17, 15) is 8.78 Å². The van der Waals surface area contributed by atoms with E-state index in [1.807, 2.05) is 20.8 Å². The Labute approximate surface area is 110 Å². The maximum Gasteiger partial charge on any atom is 0.153 e. The number of hydrogen-bond acceptors (Lipinski definition) is 2. The quantitative estimate of drug-likeness (QED) is 0.890. The van der Waals surface area contributed by atoms with Gasteiger partial charge in [-0.25, -0.2) is 8.78 Å². The highest BCUT2D eigenvalue weighted by Crippen LogP contribution is 2.38. The number of nitrogens with zero attached hydrogens (tertiary/aromatic N) is 1. The second-order valence-electron chi connectivity index (χ2n) is 5.22. The van der Waals surface area contributed by atoms with Gasteiger partial charge in [0.1, 0.15) is 11.6 Å². The lowest BCUT2D eigenvalue weighted by Crippen LogP contribution is -2.17. The molecule has 0 spiro atoms. The van der Waals surface area contributed by atoms with Crippen LogP contribution in [0.15, 0.2) is 18.2 Å². The highest BCUT2D eigenvalue weighted by Gasteiger charge is 2.27. The summed E-state index contributed by atoms with van der Waals surface area (Å²) < 4.78 is 26.9. The Bertz CT molecular complexity index is 603. The fraction of sp³-hybridized carbons (Fsp3) is 0.357. The van der Waals surface area contributed by atoms with Crippen LogP contribution in [-0.2, 0) is 5.41 Å². The minimum absolute atomic E-state index is 0.221. The van der Waals surface area contributed by atoms with Crippen LogP contribution in [0.3, 0.4) is 0 Å². The van der Waals surface area contributed by atoms with Crippen LogP contribution in [-0.4, -0.2) is 10.2 Å². The first-order chi connectivity index (χ1) is 8.86. The van der Waals surface area contributed by atoms with Crippen LogP contribution in [0.1, 0.15) is 32.9 Å². The van der Waals surface area contributed by atoms with Crippen LogP contribution in [0.5, 0.6) is 0 Å². The lowest BCUT2D eigenvalue weighted by atomic mass is 9.82. The van der Waals surface area contributed by atoms with Crippen LogP contribution < -0.4 is 5.73 Å². The van der Waals surface area contributed by atoms with E-state index in [0.717, 1.165) is 18.2 Å². The maximum atomic E-state index is 13.9. The van der Waals surface area contributed by atoms with Crippen molar-refractivity contribution in [3.05, 3.63) is 35.5 Å². The van der Waals surface area contributed by atoms with Gasteiger partial charge in [0.05, 0.1) is 11.3 Å². The summed E-state index contributed by atoms with van der Waals surface area (Å²) in [6, 6.07) is 3.46. The number of nitrogen functional groups attached to an aromatic ring is 1. The van der Waals surface area contributed by atoms with E-state index in [1.165, 1.54) is 12.1 Å². The second-order valence-corrected chi connectivity index (χ2v) is 5.22. The molecule has 1 heterocycles. The molecule has 0 aliphatic carbocycles. The zero-order valence-electron chi connectivity index (χ0n) is 11.2. The lowest BCUT2D eigenvalue weighted by Gasteiger charge is -2.22. The SMILES string of the molecule is CCC(C)(C)c1[nH]nc(N)c1-c1ccc(F)cc1F. The van der Waals surface area contributed by atoms with E-state index in [4.69, 9.17) is 5.73 Å². The van der Waals surface area contributed by atoms with Gasteiger partial charge in [-0.3, -0.25) is 5.10 Å². The first-order valence-electron chi connectivity index (χ1n) is 6.16. The summed E-state index contributed by atoms with van der Waals surface area (Å²) in [5, 5.41) is 6.83. The standard InChI is InChI=1S/C14H17F2N3/c1-4-14(2,3)12-11(13(17)19-18-12)9-6-5-8(15)7-10(9)16/h5-7H,4H2,1-3H3,(H3,17,18,19). The monoisotopic (exact) mass is 265 g/mol. The third kappa shape index (κ3) is 2.32. The van der Waals surface area contributed by atoms with Crippen LogP contribution in [0.2, 0.25) is 0 Å². The van der Waals surface area contributed by atoms with Crippen molar-refractivity contribution in [3.8, 4) is 11.1 Å². The smallest absolute Gasteiger partial charge is 0.153 e. The predicted molar refractivity (Wildman–Crippen MR) is 71.7 cm³/mol. The normalized spacial score (nSPS) is 11.8. The molecule has 0 saturated heterocycles. The van der Waals surface area contributed by atoms with Gasteiger partial charge in [0, 0.05) is 17.0 Å². The van der Waals surface area contributed by atoms with Crippen molar-refractivity contribution in [2.45, 2.75) is 32.6 Å². The van der Waals surface area contributed by atoms with Gasteiger partial charge in [-0.1, -0.05) is 20.8 Å². The number of nitrogens with two attached hydrogens (primary N) is 1. The summed E-state index contributed by atoms with van der Waals surface area (Å²) in [7, 11) is 0. The van der Waals surface area contributed by atoms with E-state index in [0.29, 0.717) is 5.56 Å². The van der Waals surface area contributed by atoms with Gasteiger partial charge >= 0.3 is 0 Å². The average Bonchev–Trinajstić information content (AvgIpc) is 2.72. The molecule has 0 atom stereocenters. The molecule has 19 heavy (non-hydrogen) atoms. The van der Waals surface area contributed by atoms with Crippen molar-refractivity contribution in [2.75, 3.05) is 5.73 Å². The highest BCUT2D eigenvalue weighted by molar-refractivity contribution is 5.77. The fourth-order valence-electron chi connectivity index (χ4n) is 1.99. The first kappa shape index (κ1) is 13.5. The number of anilines is 1. The number of rotatable bonds is 3. The van der Waals surface area contributed by atoms with Gasteiger partial charge in [0.2, 0.25) is 0 Å². The molecule has 5 heteroatoms. The van der Waals surface area contributed by atoms with Gasteiger partial charge < -0.3 is 5.73 Å². The maximum absolute atomic E-state index is 13.9. The van der Waals surface area contributed by atoms with Crippen molar-refractivity contribution in [3.63, 3.8) is 0 Å². The van der Waals surface area contributed by atoms with Crippen LogP contribution in [0.25, 0.3) is 11.1 Å². The Morgan fingerprint density at radius 3 is 2.58 bits per heavy atom. The van der Waals surface area contributed by atoms with Crippen molar-refractivity contribution in [1.82, 2.24) is 10.2 Å². The Morgan fingerprint density at radius 2 is 2.00 bits per heavy atom. The molecule has 3 N–H and O–H groups in total. The van der Waals surface area contributed by atoms with Gasteiger partial charge in [-0.05, 0) is 18.6 Å². The number of H-pyrrole nitrogens is 1. The molecular weight excluding hydrogens is 248 g/mol. The summed E-state index contributed by atoms with van der Waals surface area (Å²) >= 11 is 0. The summed E-state index contributed by atoms with van der Waals surface area (Å²) in [6.07, 6.45) is 0.838. The molecule has 0 aliphatic heterocycles. The fourth-order valence-corrected chi connectivity index (χ4v) is 1.99. The molecule has 3 nitrogen and oxygen atoms in total. The third-order valence-electron chi connectivity index (χ3n) is 3.56. The van der Waals surface area contributed by atoms with Crippen LogP contribution in [0.4, 0.5) is 14.6 Å². The summed E-state index contributed by atoms with van der Waals surface area (Å²) in [5.74, 6) is -1.03. The molecule has 2 aromatic rings. The van der Waals surface area contributed by atoms with Crippen molar-refractivity contribution in [2.24, 2.45) is 0 Å². The summed E-state index contributed by atoms with van der Waals surface area (Å²) in [4.78, 5) is 0.